The fourth-order valence-corrected chi connectivity index (χ4v) is 2.72. The second-order valence-corrected chi connectivity index (χ2v) is 5.59. The van der Waals surface area contributed by atoms with Gasteiger partial charge in [0.1, 0.15) is 16.9 Å². The molecule has 108 valence electrons. The summed E-state index contributed by atoms with van der Waals surface area (Å²) in [5, 5.41) is 10.2. The Labute approximate surface area is 129 Å². The lowest BCUT2D eigenvalue weighted by Gasteiger charge is -1.95. The summed E-state index contributed by atoms with van der Waals surface area (Å²) < 4.78 is 11.3. The lowest BCUT2D eigenvalue weighted by molar-refractivity contribution is 0.451. The van der Waals surface area contributed by atoms with Crippen molar-refractivity contribution < 1.29 is 8.83 Å². The molecule has 0 aliphatic carbocycles. The van der Waals surface area contributed by atoms with Gasteiger partial charge >= 0.3 is 0 Å². The van der Waals surface area contributed by atoms with Crippen LogP contribution in [0.1, 0.15) is 5.69 Å². The summed E-state index contributed by atoms with van der Waals surface area (Å²) in [4.78, 5) is 8.20. The normalized spacial score (nSPS) is 11.1. The number of para-hydroxylation sites is 1. The summed E-state index contributed by atoms with van der Waals surface area (Å²) in [5.41, 5.74) is 1.67. The van der Waals surface area contributed by atoms with Crippen LogP contribution in [0.15, 0.2) is 61.8 Å². The van der Waals surface area contributed by atoms with Gasteiger partial charge in [-0.05, 0) is 36.9 Å². The molecule has 22 heavy (non-hydrogen) atoms. The smallest absolute Gasteiger partial charge is 0.284 e. The Morgan fingerprint density at radius 1 is 1.00 bits per heavy atom. The van der Waals surface area contributed by atoms with E-state index in [2.05, 4.69) is 20.2 Å². The van der Waals surface area contributed by atoms with E-state index in [1.54, 1.807) is 0 Å². The van der Waals surface area contributed by atoms with E-state index in [0.29, 0.717) is 16.9 Å². The minimum atomic E-state index is 0.351. The molecule has 1 aromatic carbocycles. The van der Waals surface area contributed by atoms with E-state index in [4.69, 9.17) is 8.83 Å². The van der Waals surface area contributed by atoms with Crippen LogP contribution in [0.3, 0.4) is 0 Å². The molecule has 0 saturated carbocycles. The number of aromatic nitrogens is 4. The predicted molar refractivity (Wildman–Crippen MR) is 80.4 cm³/mol. The van der Waals surface area contributed by atoms with Crippen LogP contribution in [0.2, 0.25) is 0 Å². The van der Waals surface area contributed by atoms with Crippen LogP contribution in [0.25, 0.3) is 22.6 Å². The summed E-state index contributed by atoms with van der Waals surface area (Å²) in [6.45, 7) is 1.90. The Morgan fingerprint density at radius 2 is 1.91 bits per heavy atom. The highest BCUT2D eigenvalue weighted by Gasteiger charge is 2.14. The number of hydrogen-bond donors (Lipinski definition) is 0. The first-order valence-corrected chi connectivity index (χ1v) is 7.38. The molecule has 0 radical (unpaired) electrons. The van der Waals surface area contributed by atoms with Gasteiger partial charge in [-0.25, -0.2) is 9.97 Å². The summed E-state index contributed by atoms with van der Waals surface area (Å²) in [7, 11) is 0. The van der Waals surface area contributed by atoms with Crippen LogP contribution >= 0.6 is 11.8 Å². The van der Waals surface area contributed by atoms with Crippen molar-refractivity contribution in [1.29, 1.82) is 0 Å². The second kappa shape index (κ2) is 5.27. The van der Waals surface area contributed by atoms with Crippen molar-refractivity contribution in [3.8, 4) is 11.7 Å². The Kier molecular flexibility index (Phi) is 3.12. The molecule has 0 saturated heterocycles. The summed E-state index contributed by atoms with van der Waals surface area (Å²) in [6.07, 6.45) is 1.51. The van der Waals surface area contributed by atoms with E-state index >= 15 is 0 Å². The van der Waals surface area contributed by atoms with E-state index in [0.717, 1.165) is 21.7 Å². The van der Waals surface area contributed by atoms with Crippen LogP contribution < -0.4 is 0 Å². The van der Waals surface area contributed by atoms with Crippen molar-refractivity contribution in [2.75, 3.05) is 0 Å². The van der Waals surface area contributed by atoms with Gasteiger partial charge in [0.05, 0.1) is 0 Å². The molecule has 4 rings (SSSR count). The quantitative estimate of drug-likeness (QED) is 0.533. The van der Waals surface area contributed by atoms with E-state index < -0.39 is 0 Å². The summed E-state index contributed by atoms with van der Waals surface area (Å²) in [6, 6.07) is 11.5. The Bertz CT molecular complexity index is 914. The molecule has 0 spiro atoms. The van der Waals surface area contributed by atoms with Gasteiger partial charge in [0.25, 0.3) is 11.1 Å². The molecular weight excluding hydrogens is 300 g/mol. The standard InChI is InChI=1S/C15H10N4O2S/c1-9-6-13(17-8-16-9)22-15-19-18-14(21-15)12-7-10-4-2-3-5-11(10)20-12/h2-8H,1H3. The van der Waals surface area contributed by atoms with Gasteiger partial charge in [-0.2, -0.15) is 0 Å². The molecule has 0 aliphatic rings. The van der Waals surface area contributed by atoms with Crippen molar-refractivity contribution in [2.24, 2.45) is 0 Å². The minimum absolute atomic E-state index is 0.351. The Balaban J connectivity index is 1.63. The minimum Gasteiger partial charge on any atom is -0.451 e. The maximum absolute atomic E-state index is 5.71. The van der Waals surface area contributed by atoms with Crippen LogP contribution in [-0.2, 0) is 0 Å². The highest BCUT2D eigenvalue weighted by Crippen LogP contribution is 2.30. The lowest BCUT2D eigenvalue weighted by atomic mass is 10.2. The van der Waals surface area contributed by atoms with Crippen LogP contribution in [0.4, 0.5) is 0 Å². The number of rotatable bonds is 3. The molecule has 0 atom stereocenters. The van der Waals surface area contributed by atoms with E-state index in [1.807, 2.05) is 43.3 Å². The average molecular weight is 310 g/mol. The highest BCUT2D eigenvalue weighted by atomic mass is 32.2. The van der Waals surface area contributed by atoms with Crippen molar-refractivity contribution in [2.45, 2.75) is 17.2 Å². The zero-order valence-electron chi connectivity index (χ0n) is 11.6. The van der Waals surface area contributed by atoms with Gasteiger partial charge in [-0.1, -0.05) is 18.2 Å². The van der Waals surface area contributed by atoms with Crippen molar-refractivity contribution in [1.82, 2.24) is 20.2 Å². The zero-order chi connectivity index (χ0) is 14.9. The molecule has 4 aromatic rings. The van der Waals surface area contributed by atoms with E-state index in [1.165, 1.54) is 18.1 Å². The molecule has 6 nitrogen and oxygen atoms in total. The fourth-order valence-electron chi connectivity index (χ4n) is 2.01. The fraction of sp³-hybridized carbons (Fsp3) is 0.0667. The van der Waals surface area contributed by atoms with Crippen molar-refractivity contribution in [3.63, 3.8) is 0 Å². The summed E-state index contributed by atoms with van der Waals surface area (Å²) >= 11 is 1.29. The molecular formula is C15H10N4O2S. The van der Waals surface area contributed by atoms with Gasteiger partial charge < -0.3 is 8.83 Å². The monoisotopic (exact) mass is 310 g/mol. The van der Waals surface area contributed by atoms with Crippen molar-refractivity contribution in [3.05, 3.63) is 48.4 Å². The van der Waals surface area contributed by atoms with Gasteiger partial charge in [0.2, 0.25) is 0 Å². The van der Waals surface area contributed by atoms with Crippen LogP contribution in [-0.4, -0.2) is 20.2 Å². The zero-order valence-corrected chi connectivity index (χ0v) is 12.4. The number of fused-ring (bicyclic) bond motifs is 1. The predicted octanol–water partition coefficient (Wildman–Crippen LogP) is 3.73. The molecule has 3 aromatic heterocycles. The van der Waals surface area contributed by atoms with E-state index in [9.17, 15) is 0 Å². The van der Waals surface area contributed by atoms with Crippen LogP contribution in [0, 0.1) is 6.92 Å². The summed E-state index contributed by atoms with van der Waals surface area (Å²) in [5.74, 6) is 0.906. The molecule has 0 fully saturated rings. The van der Waals surface area contributed by atoms with Crippen molar-refractivity contribution >= 4 is 22.7 Å². The Hall–Kier alpha value is -2.67. The van der Waals surface area contributed by atoms with Crippen LogP contribution in [0.5, 0.6) is 0 Å². The number of furan rings is 1. The SMILES string of the molecule is Cc1cc(Sc2nnc(-c3cc4ccccc4o3)o2)ncn1. The second-order valence-electron chi connectivity index (χ2n) is 4.62. The van der Waals surface area contributed by atoms with Gasteiger partial charge in [0.15, 0.2) is 5.76 Å². The molecule has 0 aliphatic heterocycles. The van der Waals surface area contributed by atoms with Gasteiger partial charge in [0, 0.05) is 11.1 Å². The van der Waals surface area contributed by atoms with E-state index in [-0.39, 0.29) is 0 Å². The number of hydrogen-bond acceptors (Lipinski definition) is 7. The number of nitrogens with zero attached hydrogens (tertiary/aromatic N) is 4. The third-order valence-corrected chi connectivity index (χ3v) is 3.79. The number of aryl methyl sites for hydroxylation is 1. The first-order valence-electron chi connectivity index (χ1n) is 6.57. The third-order valence-electron chi connectivity index (χ3n) is 3.01. The maximum Gasteiger partial charge on any atom is 0.284 e. The molecule has 0 N–H and O–H groups in total. The largest absolute Gasteiger partial charge is 0.451 e. The first-order chi connectivity index (χ1) is 10.8. The molecule has 3 heterocycles. The van der Waals surface area contributed by atoms with Gasteiger partial charge in [-0.3, -0.25) is 0 Å². The molecule has 0 bridgehead atoms. The van der Waals surface area contributed by atoms with Gasteiger partial charge in [-0.15, -0.1) is 10.2 Å². The topological polar surface area (TPSA) is 77.8 Å². The third kappa shape index (κ3) is 2.46. The molecule has 7 heteroatoms. The lowest BCUT2D eigenvalue weighted by Crippen LogP contribution is -1.85. The number of benzene rings is 1. The maximum atomic E-state index is 5.71. The molecule has 0 unspecified atom stereocenters. The Morgan fingerprint density at radius 3 is 2.77 bits per heavy atom. The average Bonchev–Trinajstić information content (AvgIpc) is 3.13. The molecule has 0 amide bonds. The highest BCUT2D eigenvalue weighted by molar-refractivity contribution is 7.99. The first kappa shape index (κ1) is 13.0.